The van der Waals surface area contributed by atoms with Gasteiger partial charge in [0.2, 0.25) is 0 Å². The molecule has 0 fully saturated rings. The van der Waals surface area contributed by atoms with Crippen molar-refractivity contribution in [3.05, 3.63) is 45.9 Å². The lowest BCUT2D eigenvalue weighted by Crippen LogP contribution is -2.14. The molecule has 1 aromatic heterocycles. The van der Waals surface area contributed by atoms with E-state index in [1.165, 1.54) is 13.2 Å². The number of hydrogen-bond donors (Lipinski definition) is 1. The van der Waals surface area contributed by atoms with Crippen molar-refractivity contribution < 1.29 is 13.2 Å². The number of aryl methyl sites for hydroxylation is 1. The van der Waals surface area contributed by atoms with Crippen LogP contribution in [0.2, 0.25) is 0 Å². The molecule has 5 nitrogen and oxygen atoms in total. The zero-order valence-corrected chi connectivity index (χ0v) is 15.5. The number of hydrogen-bond acceptors (Lipinski definition) is 5. The number of sulfonamides is 1. The number of thiazole rings is 1. The number of benzene rings is 2. The number of nitrogens with one attached hydrogen (secondary N) is 1. The molecule has 1 N–H and O–H groups in total. The summed E-state index contributed by atoms with van der Waals surface area (Å²) in [4.78, 5) is 4.45. The molecule has 0 unspecified atom stereocenters. The van der Waals surface area contributed by atoms with Crippen molar-refractivity contribution in [2.75, 3.05) is 11.8 Å². The molecule has 0 aliphatic rings. The Balaban J connectivity index is 2.01. The van der Waals surface area contributed by atoms with E-state index in [0.29, 0.717) is 10.2 Å². The normalized spacial score (nSPS) is 11.6. The summed E-state index contributed by atoms with van der Waals surface area (Å²) in [5.74, 6) is 0.284. The maximum absolute atomic E-state index is 12.6. The van der Waals surface area contributed by atoms with E-state index in [4.69, 9.17) is 4.74 Å². The summed E-state index contributed by atoms with van der Waals surface area (Å²) in [7, 11) is -2.33. The molecular weight excluding hydrogens is 400 g/mol. The fourth-order valence-electron chi connectivity index (χ4n) is 2.18. The predicted octanol–water partition coefficient (Wildman–Crippen LogP) is 4.18. The molecule has 0 atom stereocenters. The van der Waals surface area contributed by atoms with Crippen LogP contribution in [0, 0.1) is 6.92 Å². The van der Waals surface area contributed by atoms with Gasteiger partial charge in [0.15, 0.2) is 0 Å². The topological polar surface area (TPSA) is 68.3 Å². The number of ether oxygens (including phenoxy) is 1. The molecule has 0 aliphatic carbocycles. The minimum atomic E-state index is -3.77. The molecule has 0 bridgehead atoms. The van der Waals surface area contributed by atoms with Crippen LogP contribution in [0.15, 0.2) is 45.8 Å². The van der Waals surface area contributed by atoms with Gasteiger partial charge in [0.1, 0.15) is 10.6 Å². The van der Waals surface area contributed by atoms with E-state index in [9.17, 15) is 8.42 Å². The summed E-state index contributed by atoms with van der Waals surface area (Å²) in [5, 5.41) is 0.939. The largest absolute Gasteiger partial charge is 0.495 e. The maximum atomic E-state index is 12.6. The minimum Gasteiger partial charge on any atom is -0.495 e. The zero-order valence-electron chi connectivity index (χ0n) is 12.3. The van der Waals surface area contributed by atoms with E-state index in [2.05, 4.69) is 25.6 Å². The Morgan fingerprint density at radius 1 is 1.22 bits per heavy atom. The first-order valence-corrected chi connectivity index (χ1v) is 9.72. The van der Waals surface area contributed by atoms with Gasteiger partial charge in [-0.1, -0.05) is 15.9 Å². The van der Waals surface area contributed by atoms with Gasteiger partial charge in [0.25, 0.3) is 10.0 Å². The van der Waals surface area contributed by atoms with Crippen LogP contribution in [0.1, 0.15) is 5.01 Å². The minimum absolute atomic E-state index is 0.0731. The van der Waals surface area contributed by atoms with Crippen LogP contribution in [0.5, 0.6) is 5.75 Å². The number of nitrogens with zero attached hydrogens (tertiary/aromatic N) is 1. The Hall–Kier alpha value is -1.64. The SMILES string of the molecule is COc1ccc(Br)cc1S(=O)(=O)Nc1ccc2sc(C)nc2c1. The average Bonchev–Trinajstić information content (AvgIpc) is 2.86. The molecule has 3 rings (SSSR count). The van der Waals surface area contributed by atoms with E-state index in [0.717, 1.165) is 15.2 Å². The van der Waals surface area contributed by atoms with Crippen LogP contribution in [0.4, 0.5) is 5.69 Å². The van der Waals surface area contributed by atoms with E-state index in [1.54, 1.807) is 35.6 Å². The lowest BCUT2D eigenvalue weighted by atomic mass is 10.3. The van der Waals surface area contributed by atoms with Crippen molar-refractivity contribution in [2.45, 2.75) is 11.8 Å². The van der Waals surface area contributed by atoms with Crippen molar-refractivity contribution in [2.24, 2.45) is 0 Å². The van der Waals surface area contributed by atoms with Crippen LogP contribution < -0.4 is 9.46 Å². The number of methoxy groups -OCH3 is 1. The molecule has 0 saturated heterocycles. The Labute approximate surface area is 146 Å². The predicted molar refractivity (Wildman–Crippen MR) is 95.9 cm³/mol. The maximum Gasteiger partial charge on any atom is 0.265 e. The smallest absolute Gasteiger partial charge is 0.265 e. The molecule has 2 aromatic carbocycles. The number of rotatable bonds is 4. The first-order chi connectivity index (χ1) is 10.9. The quantitative estimate of drug-likeness (QED) is 0.697. The molecule has 120 valence electrons. The van der Waals surface area contributed by atoms with Gasteiger partial charge < -0.3 is 4.74 Å². The Morgan fingerprint density at radius 2 is 2.00 bits per heavy atom. The Morgan fingerprint density at radius 3 is 2.74 bits per heavy atom. The molecule has 0 aliphatic heterocycles. The monoisotopic (exact) mass is 412 g/mol. The third-order valence-electron chi connectivity index (χ3n) is 3.16. The van der Waals surface area contributed by atoms with Crippen molar-refractivity contribution >= 4 is 53.2 Å². The second-order valence-electron chi connectivity index (χ2n) is 4.82. The molecule has 3 aromatic rings. The number of halogens is 1. The highest BCUT2D eigenvalue weighted by molar-refractivity contribution is 9.10. The molecule has 0 amide bonds. The standard InChI is InChI=1S/C15H13BrN2O3S2/c1-9-17-12-8-11(4-6-14(12)22-9)18-23(19,20)15-7-10(16)3-5-13(15)21-2/h3-8,18H,1-2H3. The summed E-state index contributed by atoms with van der Waals surface area (Å²) in [6, 6.07) is 10.1. The summed E-state index contributed by atoms with van der Waals surface area (Å²) >= 11 is 4.85. The van der Waals surface area contributed by atoms with Gasteiger partial charge in [-0.05, 0) is 43.3 Å². The Bertz CT molecular complexity index is 984. The molecule has 23 heavy (non-hydrogen) atoms. The molecule has 8 heteroatoms. The third-order valence-corrected chi connectivity index (χ3v) is 6.01. The van der Waals surface area contributed by atoms with E-state index < -0.39 is 10.0 Å². The van der Waals surface area contributed by atoms with Crippen LogP contribution >= 0.6 is 27.3 Å². The summed E-state index contributed by atoms with van der Waals surface area (Å²) in [6.07, 6.45) is 0. The first-order valence-electron chi connectivity index (χ1n) is 6.62. The van der Waals surface area contributed by atoms with Gasteiger partial charge in [0.05, 0.1) is 28.0 Å². The van der Waals surface area contributed by atoms with Gasteiger partial charge in [-0.3, -0.25) is 4.72 Å². The second kappa shape index (κ2) is 6.10. The van der Waals surface area contributed by atoms with Crippen molar-refractivity contribution in [3.63, 3.8) is 0 Å². The lowest BCUT2D eigenvalue weighted by molar-refractivity contribution is 0.403. The summed E-state index contributed by atoms with van der Waals surface area (Å²) < 4.78 is 34.7. The van der Waals surface area contributed by atoms with Crippen LogP contribution in [-0.4, -0.2) is 20.5 Å². The lowest BCUT2D eigenvalue weighted by Gasteiger charge is -2.12. The van der Waals surface area contributed by atoms with Gasteiger partial charge in [-0.15, -0.1) is 11.3 Å². The number of aromatic nitrogens is 1. The molecule has 0 spiro atoms. The highest BCUT2D eigenvalue weighted by Gasteiger charge is 2.20. The van der Waals surface area contributed by atoms with Crippen LogP contribution in [-0.2, 0) is 10.0 Å². The van der Waals surface area contributed by atoms with Gasteiger partial charge in [0, 0.05) is 4.47 Å². The van der Waals surface area contributed by atoms with Gasteiger partial charge in [-0.25, -0.2) is 13.4 Å². The number of fused-ring (bicyclic) bond motifs is 1. The van der Waals surface area contributed by atoms with E-state index >= 15 is 0 Å². The third kappa shape index (κ3) is 3.34. The first kappa shape index (κ1) is 16.2. The molecule has 0 radical (unpaired) electrons. The summed E-state index contributed by atoms with van der Waals surface area (Å²) in [5.41, 5.74) is 1.23. The highest BCUT2D eigenvalue weighted by Crippen LogP contribution is 2.30. The van der Waals surface area contributed by atoms with Crippen molar-refractivity contribution in [1.82, 2.24) is 4.98 Å². The molecule has 0 saturated carbocycles. The Kier molecular flexibility index (Phi) is 4.31. The zero-order chi connectivity index (χ0) is 16.6. The van der Waals surface area contributed by atoms with Crippen molar-refractivity contribution in [1.29, 1.82) is 0 Å². The van der Waals surface area contributed by atoms with Gasteiger partial charge >= 0.3 is 0 Å². The summed E-state index contributed by atoms with van der Waals surface area (Å²) in [6.45, 7) is 1.92. The fraction of sp³-hybridized carbons (Fsp3) is 0.133. The van der Waals surface area contributed by atoms with E-state index in [-0.39, 0.29) is 10.6 Å². The molecular formula is C15H13BrN2O3S2. The van der Waals surface area contributed by atoms with Crippen LogP contribution in [0.25, 0.3) is 10.2 Å². The fourth-order valence-corrected chi connectivity index (χ4v) is 4.74. The highest BCUT2D eigenvalue weighted by atomic mass is 79.9. The van der Waals surface area contributed by atoms with Crippen molar-refractivity contribution in [3.8, 4) is 5.75 Å². The van der Waals surface area contributed by atoms with Crippen LogP contribution in [0.3, 0.4) is 0 Å². The average molecular weight is 413 g/mol. The number of anilines is 1. The second-order valence-corrected chi connectivity index (χ2v) is 8.62. The van der Waals surface area contributed by atoms with Gasteiger partial charge in [-0.2, -0.15) is 0 Å². The van der Waals surface area contributed by atoms with E-state index in [1.807, 2.05) is 13.0 Å². The molecule has 1 heterocycles.